The molecule has 1 rings (SSSR count). The van der Waals surface area contributed by atoms with Crippen molar-refractivity contribution in [2.45, 2.75) is 32.7 Å². The molecule has 0 radical (unpaired) electrons. The summed E-state index contributed by atoms with van der Waals surface area (Å²) in [6.45, 7) is 9.68. The van der Waals surface area contributed by atoms with Crippen LogP contribution in [0, 0.1) is 0 Å². The molecule has 1 fully saturated rings. The Bertz CT molecular complexity index is 255. The van der Waals surface area contributed by atoms with Crippen LogP contribution in [0.1, 0.15) is 27.2 Å². The molecule has 4 nitrogen and oxygen atoms in total. The summed E-state index contributed by atoms with van der Waals surface area (Å²) in [6.07, 6.45) is 4.19. The lowest BCUT2D eigenvalue weighted by Gasteiger charge is -2.41. The third-order valence-corrected chi connectivity index (χ3v) is 2.65. The predicted molar refractivity (Wildman–Crippen MR) is 64.7 cm³/mol. The SMILES string of the molecule is CC/C(=C\N=CN)N1CCNC(C)(C)C1. The Morgan fingerprint density at radius 3 is 2.87 bits per heavy atom. The van der Waals surface area contributed by atoms with Gasteiger partial charge in [0, 0.05) is 37.1 Å². The normalized spacial score (nSPS) is 22.3. The number of hydrogen-bond acceptors (Lipinski definition) is 3. The summed E-state index contributed by atoms with van der Waals surface area (Å²) in [6, 6.07) is 0. The average Bonchev–Trinajstić information content (AvgIpc) is 2.17. The highest BCUT2D eigenvalue weighted by Gasteiger charge is 2.26. The van der Waals surface area contributed by atoms with Gasteiger partial charge in [-0.05, 0) is 20.3 Å². The lowest BCUT2D eigenvalue weighted by molar-refractivity contribution is 0.187. The van der Waals surface area contributed by atoms with E-state index in [1.165, 1.54) is 12.0 Å². The second-order valence-electron chi connectivity index (χ2n) is 4.50. The van der Waals surface area contributed by atoms with Crippen LogP contribution in [0.15, 0.2) is 16.9 Å². The molecular weight excluding hydrogens is 188 g/mol. The fraction of sp³-hybridized carbons (Fsp3) is 0.727. The number of aliphatic imine (C=N–C) groups is 1. The maximum absolute atomic E-state index is 5.25. The average molecular weight is 210 g/mol. The van der Waals surface area contributed by atoms with Crippen molar-refractivity contribution >= 4 is 6.34 Å². The summed E-state index contributed by atoms with van der Waals surface area (Å²) in [4.78, 5) is 6.37. The minimum atomic E-state index is 0.180. The summed E-state index contributed by atoms with van der Waals surface area (Å²) in [7, 11) is 0. The predicted octanol–water partition coefficient (Wildman–Crippen LogP) is 0.909. The highest BCUT2D eigenvalue weighted by Crippen LogP contribution is 2.17. The molecule has 0 aliphatic carbocycles. The minimum absolute atomic E-state index is 0.180. The van der Waals surface area contributed by atoms with Crippen LogP contribution >= 0.6 is 0 Å². The van der Waals surface area contributed by atoms with Gasteiger partial charge in [-0.2, -0.15) is 0 Å². The van der Waals surface area contributed by atoms with Gasteiger partial charge in [0.15, 0.2) is 0 Å². The van der Waals surface area contributed by atoms with Crippen molar-refractivity contribution in [2.75, 3.05) is 19.6 Å². The van der Waals surface area contributed by atoms with Crippen molar-refractivity contribution in [3.63, 3.8) is 0 Å². The van der Waals surface area contributed by atoms with Crippen LogP contribution in [-0.4, -0.2) is 36.4 Å². The highest BCUT2D eigenvalue weighted by atomic mass is 15.2. The van der Waals surface area contributed by atoms with Gasteiger partial charge in [0.05, 0.1) is 6.34 Å². The van der Waals surface area contributed by atoms with Gasteiger partial charge in [-0.1, -0.05) is 6.92 Å². The van der Waals surface area contributed by atoms with Crippen LogP contribution in [0.2, 0.25) is 0 Å². The first kappa shape index (κ1) is 12.0. The molecule has 0 aromatic rings. The van der Waals surface area contributed by atoms with E-state index in [-0.39, 0.29) is 5.54 Å². The monoisotopic (exact) mass is 210 g/mol. The number of nitrogens with one attached hydrogen (secondary N) is 1. The van der Waals surface area contributed by atoms with Crippen molar-refractivity contribution in [3.05, 3.63) is 11.9 Å². The first-order valence-electron chi connectivity index (χ1n) is 5.51. The summed E-state index contributed by atoms with van der Waals surface area (Å²) in [5.41, 5.74) is 6.68. The van der Waals surface area contributed by atoms with E-state index in [0.717, 1.165) is 26.1 Å². The Kier molecular flexibility index (Phi) is 4.15. The van der Waals surface area contributed by atoms with Crippen molar-refractivity contribution in [1.29, 1.82) is 0 Å². The zero-order valence-electron chi connectivity index (χ0n) is 9.95. The van der Waals surface area contributed by atoms with E-state index in [0.29, 0.717) is 0 Å². The molecule has 0 spiro atoms. The number of rotatable bonds is 3. The zero-order valence-corrected chi connectivity index (χ0v) is 9.95. The van der Waals surface area contributed by atoms with E-state index in [2.05, 4.69) is 36.0 Å². The van der Waals surface area contributed by atoms with E-state index in [1.807, 2.05) is 6.20 Å². The van der Waals surface area contributed by atoms with Gasteiger partial charge in [0.25, 0.3) is 0 Å². The molecule has 1 saturated heterocycles. The largest absolute Gasteiger partial charge is 0.390 e. The van der Waals surface area contributed by atoms with Gasteiger partial charge in [-0.3, -0.25) is 0 Å². The summed E-state index contributed by atoms with van der Waals surface area (Å²) in [5, 5.41) is 3.49. The van der Waals surface area contributed by atoms with Crippen molar-refractivity contribution < 1.29 is 0 Å². The number of piperazine rings is 1. The molecule has 0 aromatic carbocycles. The topological polar surface area (TPSA) is 53.6 Å². The smallest absolute Gasteiger partial charge is 0.0853 e. The Morgan fingerprint density at radius 1 is 1.60 bits per heavy atom. The summed E-state index contributed by atoms with van der Waals surface area (Å²) in [5.74, 6) is 0. The molecule has 0 unspecified atom stereocenters. The van der Waals surface area contributed by atoms with Gasteiger partial charge in [0.2, 0.25) is 0 Å². The van der Waals surface area contributed by atoms with Crippen LogP contribution in [0.5, 0.6) is 0 Å². The molecule has 1 aliphatic rings. The van der Waals surface area contributed by atoms with Crippen molar-refractivity contribution in [1.82, 2.24) is 10.2 Å². The minimum Gasteiger partial charge on any atom is -0.390 e. The van der Waals surface area contributed by atoms with E-state index < -0.39 is 0 Å². The van der Waals surface area contributed by atoms with Crippen LogP contribution < -0.4 is 11.1 Å². The molecule has 0 saturated carbocycles. The molecule has 3 N–H and O–H groups in total. The second-order valence-corrected chi connectivity index (χ2v) is 4.50. The Hall–Kier alpha value is -1.03. The number of nitrogens with two attached hydrogens (primary N) is 1. The number of allylic oxidation sites excluding steroid dienone is 1. The molecule has 1 heterocycles. The third-order valence-electron chi connectivity index (χ3n) is 2.65. The molecule has 86 valence electrons. The van der Waals surface area contributed by atoms with E-state index in [9.17, 15) is 0 Å². The fourth-order valence-corrected chi connectivity index (χ4v) is 1.91. The fourth-order valence-electron chi connectivity index (χ4n) is 1.91. The van der Waals surface area contributed by atoms with E-state index in [4.69, 9.17) is 5.73 Å². The van der Waals surface area contributed by atoms with Crippen LogP contribution in [-0.2, 0) is 0 Å². The first-order chi connectivity index (χ1) is 7.09. The molecule has 1 aliphatic heterocycles. The molecule has 0 atom stereocenters. The van der Waals surface area contributed by atoms with Crippen LogP contribution in [0.4, 0.5) is 0 Å². The van der Waals surface area contributed by atoms with Crippen molar-refractivity contribution in [3.8, 4) is 0 Å². The molecule has 0 amide bonds. The van der Waals surface area contributed by atoms with E-state index >= 15 is 0 Å². The maximum atomic E-state index is 5.25. The quantitative estimate of drug-likeness (QED) is 0.538. The second kappa shape index (κ2) is 5.16. The number of nitrogens with zero attached hydrogens (tertiary/aromatic N) is 2. The molecule has 4 heteroatoms. The Morgan fingerprint density at radius 2 is 2.33 bits per heavy atom. The summed E-state index contributed by atoms with van der Waals surface area (Å²) >= 11 is 0. The van der Waals surface area contributed by atoms with Gasteiger partial charge < -0.3 is 16.0 Å². The van der Waals surface area contributed by atoms with Crippen LogP contribution in [0.3, 0.4) is 0 Å². The standard InChI is InChI=1S/C11H22N4/c1-4-10(7-13-9-12)15-6-5-14-11(2,3)8-15/h7,9,14H,4-6,8H2,1-3H3,(H2,12,13)/b10-7+. The molecular formula is C11H22N4. The van der Waals surface area contributed by atoms with Gasteiger partial charge in [-0.25, -0.2) is 4.99 Å². The zero-order chi connectivity index (χ0) is 11.3. The van der Waals surface area contributed by atoms with E-state index in [1.54, 1.807) is 0 Å². The Balaban J connectivity index is 2.68. The third kappa shape index (κ3) is 3.55. The molecule has 0 aromatic heterocycles. The Labute approximate surface area is 92.2 Å². The molecule has 0 bridgehead atoms. The lowest BCUT2D eigenvalue weighted by atomic mass is 10.0. The van der Waals surface area contributed by atoms with Gasteiger partial charge in [0.1, 0.15) is 0 Å². The summed E-state index contributed by atoms with van der Waals surface area (Å²) < 4.78 is 0. The number of hydrogen-bond donors (Lipinski definition) is 2. The van der Waals surface area contributed by atoms with Crippen molar-refractivity contribution in [2.24, 2.45) is 10.7 Å². The lowest BCUT2D eigenvalue weighted by Crippen LogP contribution is -2.56. The maximum Gasteiger partial charge on any atom is 0.0853 e. The van der Waals surface area contributed by atoms with Gasteiger partial charge in [-0.15, -0.1) is 0 Å². The van der Waals surface area contributed by atoms with Crippen LogP contribution in [0.25, 0.3) is 0 Å². The highest BCUT2D eigenvalue weighted by molar-refractivity contribution is 5.52. The van der Waals surface area contributed by atoms with Gasteiger partial charge >= 0.3 is 0 Å². The first-order valence-corrected chi connectivity index (χ1v) is 5.51. The molecule has 15 heavy (non-hydrogen) atoms.